The van der Waals surface area contributed by atoms with E-state index in [2.05, 4.69) is 17.1 Å². The number of benzene rings is 2. The van der Waals surface area contributed by atoms with Crippen molar-refractivity contribution in [2.75, 3.05) is 27.2 Å². The zero-order chi connectivity index (χ0) is 23.1. The van der Waals surface area contributed by atoms with Crippen LogP contribution < -0.4 is 0 Å². The van der Waals surface area contributed by atoms with Gasteiger partial charge >= 0.3 is 12.0 Å². The van der Waals surface area contributed by atoms with E-state index in [-0.39, 0.29) is 11.7 Å². The van der Waals surface area contributed by atoms with Crippen LogP contribution in [-0.4, -0.2) is 82.1 Å². The number of nitrogens with zero attached hydrogens (tertiary/aromatic N) is 6. The number of amidine groups is 1. The fraction of sp³-hybridized carbons (Fsp3) is 0.292. The monoisotopic (exact) mass is 447 g/mol. The summed E-state index contributed by atoms with van der Waals surface area (Å²) >= 11 is 0. The van der Waals surface area contributed by atoms with E-state index >= 15 is 0 Å². The summed E-state index contributed by atoms with van der Waals surface area (Å²) in [5, 5.41) is 6.61. The molecule has 9 heteroatoms. The van der Waals surface area contributed by atoms with Crippen LogP contribution in [0.1, 0.15) is 17.5 Å². The lowest BCUT2D eigenvalue weighted by atomic mass is 10.1. The first-order valence-electron chi connectivity index (χ1n) is 10.9. The third-order valence-electron chi connectivity index (χ3n) is 6.16. The van der Waals surface area contributed by atoms with Crippen molar-refractivity contribution < 1.29 is 18.6 Å². The SMILES string of the molecule is CN1C(=O)C2C(=NC3=[N+]2CC(c2ccc(F)cc2)=NN3CCCc2ccccc2)N(C)C1=O. The number of amides is 3. The standard InChI is InChI=1S/C24H24FN6O2/c1-28-21-20(22(32)29(2)24(28)33)30-15-19(17-10-12-18(25)13-11-17)27-31(23(30)26-21)14-6-9-16-7-4-3-5-8-16/h3-5,7-8,10-13,20H,6,9,14-15H2,1-2H3/q+1. The number of aliphatic imine (C=N–C) groups is 1. The lowest BCUT2D eigenvalue weighted by Gasteiger charge is -2.32. The molecule has 0 radical (unpaired) electrons. The summed E-state index contributed by atoms with van der Waals surface area (Å²) < 4.78 is 15.4. The third kappa shape index (κ3) is 3.69. The van der Waals surface area contributed by atoms with E-state index in [1.807, 2.05) is 22.8 Å². The van der Waals surface area contributed by atoms with Crippen LogP contribution in [-0.2, 0) is 11.2 Å². The van der Waals surface area contributed by atoms with Crippen molar-refractivity contribution in [2.45, 2.75) is 18.9 Å². The van der Waals surface area contributed by atoms with Crippen molar-refractivity contribution in [3.05, 3.63) is 71.5 Å². The van der Waals surface area contributed by atoms with E-state index in [4.69, 9.17) is 5.10 Å². The molecule has 2 aromatic carbocycles. The van der Waals surface area contributed by atoms with Crippen LogP contribution >= 0.6 is 0 Å². The van der Waals surface area contributed by atoms with E-state index in [0.717, 1.165) is 23.3 Å². The van der Waals surface area contributed by atoms with Crippen molar-refractivity contribution in [3.63, 3.8) is 0 Å². The molecule has 1 fully saturated rings. The highest BCUT2D eigenvalue weighted by Gasteiger charge is 2.53. The van der Waals surface area contributed by atoms with E-state index in [1.165, 1.54) is 29.6 Å². The summed E-state index contributed by atoms with van der Waals surface area (Å²) in [6.07, 6.45) is 1.69. The number of rotatable bonds is 5. The number of fused-ring (bicyclic) bond motifs is 2. The number of urea groups is 1. The first-order chi connectivity index (χ1) is 15.9. The summed E-state index contributed by atoms with van der Waals surface area (Å²) in [7, 11) is 3.10. The highest BCUT2D eigenvalue weighted by Crippen LogP contribution is 2.23. The molecule has 3 amide bonds. The Bertz CT molecular complexity index is 1210. The van der Waals surface area contributed by atoms with Gasteiger partial charge in [-0.1, -0.05) is 47.5 Å². The molecule has 1 atom stereocenters. The molecule has 3 aliphatic heterocycles. The second kappa shape index (κ2) is 8.23. The Morgan fingerprint density at radius 2 is 1.76 bits per heavy atom. The number of carbonyl (C=O) groups excluding carboxylic acids is 2. The van der Waals surface area contributed by atoms with E-state index in [0.29, 0.717) is 30.6 Å². The fourth-order valence-corrected chi connectivity index (χ4v) is 4.36. The number of imide groups is 1. The molecule has 8 nitrogen and oxygen atoms in total. The third-order valence-corrected chi connectivity index (χ3v) is 6.16. The van der Waals surface area contributed by atoms with Gasteiger partial charge in [-0.25, -0.2) is 13.8 Å². The number of likely N-dealkylation sites (N-methyl/N-ethyl adjacent to an activating group) is 2. The Morgan fingerprint density at radius 3 is 2.48 bits per heavy atom. The molecule has 0 aromatic heterocycles. The van der Waals surface area contributed by atoms with Gasteiger partial charge in [-0.15, -0.1) is 10.1 Å². The van der Waals surface area contributed by atoms with Gasteiger partial charge in [0.15, 0.2) is 0 Å². The number of hydrogen-bond donors (Lipinski definition) is 0. The molecule has 3 aliphatic rings. The predicted octanol–water partition coefficient (Wildman–Crippen LogP) is 2.15. The van der Waals surface area contributed by atoms with Crippen molar-refractivity contribution in [2.24, 2.45) is 10.1 Å². The number of carbonyl (C=O) groups is 2. The summed E-state index contributed by atoms with van der Waals surface area (Å²) in [5.74, 6) is 0.313. The Morgan fingerprint density at radius 1 is 1.03 bits per heavy atom. The number of halogens is 1. The first-order valence-corrected chi connectivity index (χ1v) is 10.9. The maximum absolute atomic E-state index is 13.5. The molecule has 168 valence electrons. The number of aryl methyl sites for hydroxylation is 1. The van der Waals surface area contributed by atoms with E-state index < -0.39 is 12.1 Å². The van der Waals surface area contributed by atoms with Crippen LogP contribution in [0.3, 0.4) is 0 Å². The molecular formula is C24H24FN6O2+. The molecule has 5 rings (SSSR count). The topological polar surface area (TPSA) is 71.6 Å². The van der Waals surface area contributed by atoms with Crippen LogP contribution in [0.15, 0.2) is 64.7 Å². The van der Waals surface area contributed by atoms with Crippen molar-refractivity contribution in [3.8, 4) is 0 Å². The van der Waals surface area contributed by atoms with Gasteiger partial charge in [0.25, 0.3) is 5.91 Å². The normalized spacial score (nSPS) is 20.1. The average Bonchev–Trinajstić information content (AvgIpc) is 3.22. The minimum absolute atomic E-state index is 0.321. The Labute approximate surface area is 190 Å². The van der Waals surface area contributed by atoms with Gasteiger partial charge in [0.2, 0.25) is 11.9 Å². The molecule has 0 bridgehead atoms. The molecule has 33 heavy (non-hydrogen) atoms. The molecule has 0 aliphatic carbocycles. The Kier molecular flexibility index (Phi) is 5.24. The van der Waals surface area contributed by atoms with Crippen molar-refractivity contribution in [1.29, 1.82) is 0 Å². The van der Waals surface area contributed by atoms with Crippen molar-refractivity contribution >= 4 is 29.4 Å². The highest BCUT2D eigenvalue weighted by molar-refractivity contribution is 6.23. The van der Waals surface area contributed by atoms with Crippen LogP contribution in [0, 0.1) is 5.82 Å². The molecule has 2 aromatic rings. The number of guanidine groups is 1. The Hall–Kier alpha value is -3.88. The minimum atomic E-state index is -0.699. The summed E-state index contributed by atoms with van der Waals surface area (Å²) in [6.45, 7) is 0.909. The second-order valence-electron chi connectivity index (χ2n) is 8.31. The quantitative estimate of drug-likeness (QED) is 0.660. The Balaban J connectivity index is 1.47. The predicted molar refractivity (Wildman–Crippen MR) is 122 cm³/mol. The number of hydrazone groups is 1. The van der Waals surface area contributed by atoms with Gasteiger partial charge < -0.3 is 0 Å². The van der Waals surface area contributed by atoms with Crippen molar-refractivity contribution in [1.82, 2.24) is 14.8 Å². The van der Waals surface area contributed by atoms with E-state index in [9.17, 15) is 14.0 Å². The maximum Gasteiger partial charge on any atom is 0.416 e. The zero-order valence-corrected chi connectivity index (χ0v) is 18.5. The molecule has 0 spiro atoms. The smallest absolute Gasteiger partial charge is 0.270 e. The number of hydrogen-bond acceptors (Lipinski definition) is 5. The molecular weight excluding hydrogens is 423 g/mol. The van der Waals surface area contributed by atoms with Crippen LogP contribution in [0.2, 0.25) is 0 Å². The van der Waals surface area contributed by atoms with Crippen LogP contribution in [0.25, 0.3) is 0 Å². The summed E-state index contributed by atoms with van der Waals surface area (Å²) in [6, 6.07) is 15.2. The second-order valence-corrected chi connectivity index (χ2v) is 8.31. The van der Waals surface area contributed by atoms with E-state index in [1.54, 1.807) is 24.2 Å². The van der Waals surface area contributed by atoms with Gasteiger partial charge in [-0.05, 0) is 30.5 Å². The maximum atomic E-state index is 13.5. The first kappa shape index (κ1) is 21.0. The largest absolute Gasteiger partial charge is 0.416 e. The van der Waals surface area contributed by atoms with Crippen LogP contribution in [0.5, 0.6) is 0 Å². The lowest BCUT2D eigenvalue weighted by molar-refractivity contribution is -0.527. The summed E-state index contributed by atoms with van der Waals surface area (Å²) in [5.41, 5.74) is 2.72. The molecule has 0 N–H and O–H groups in total. The van der Waals surface area contributed by atoms with Gasteiger partial charge in [0, 0.05) is 19.7 Å². The highest BCUT2D eigenvalue weighted by atomic mass is 19.1. The average molecular weight is 447 g/mol. The summed E-state index contributed by atoms with van der Waals surface area (Å²) in [4.78, 5) is 32.7. The van der Waals surface area contributed by atoms with Crippen LogP contribution in [0.4, 0.5) is 9.18 Å². The molecule has 3 heterocycles. The zero-order valence-electron chi connectivity index (χ0n) is 18.5. The van der Waals surface area contributed by atoms with Gasteiger partial charge in [-0.3, -0.25) is 14.6 Å². The molecule has 1 saturated heterocycles. The lowest BCUT2D eigenvalue weighted by Crippen LogP contribution is -2.62. The van der Waals surface area contributed by atoms with Gasteiger partial charge in [0.05, 0.1) is 6.54 Å². The molecule has 1 unspecified atom stereocenters. The van der Waals surface area contributed by atoms with Gasteiger partial charge in [-0.2, -0.15) is 0 Å². The fourth-order valence-electron chi connectivity index (χ4n) is 4.36. The minimum Gasteiger partial charge on any atom is -0.270 e. The molecule has 0 saturated carbocycles. The van der Waals surface area contributed by atoms with Gasteiger partial charge in [0.1, 0.15) is 18.1 Å².